The number of benzene rings is 2. The average molecular weight is 564 g/mol. The summed E-state index contributed by atoms with van der Waals surface area (Å²) in [5.74, 6) is -1.09. The standard InChI is InChI=1S/C26H24F4N4O6/c1-36-9-8-34-13-23(39-14-26(28,29)30)24(33-34)25(35)32-15-4-5-20(17(27)10-15)40-19-6-7-31-18-12-22(38-3)21(37-2)11-16(18)19/h4-7,10-13H,8-9,14H2,1-3H3,(H,32,35). The third-order valence-corrected chi connectivity index (χ3v) is 5.48. The number of hydrogen-bond acceptors (Lipinski definition) is 8. The van der Waals surface area contributed by atoms with Crippen molar-refractivity contribution in [1.29, 1.82) is 0 Å². The van der Waals surface area contributed by atoms with Gasteiger partial charge in [-0.2, -0.15) is 18.3 Å². The number of nitrogens with one attached hydrogen (secondary N) is 1. The van der Waals surface area contributed by atoms with E-state index in [1.165, 1.54) is 44.3 Å². The van der Waals surface area contributed by atoms with Crippen molar-refractivity contribution >= 4 is 22.5 Å². The number of halogens is 4. The van der Waals surface area contributed by atoms with Crippen molar-refractivity contribution in [3.05, 3.63) is 60.3 Å². The number of amides is 1. The number of ether oxygens (including phenoxy) is 5. The second-order valence-electron chi connectivity index (χ2n) is 8.24. The van der Waals surface area contributed by atoms with Crippen LogP contribution in [0.25, 0.3) is 10.9 Å². The van der Waals surface area contributed by atoms with Crippen molar-refractivity contribution in [3.63, 3.8) is 0 Å². The van der Waals surface area contributed by atoms with Gasteiger partial charge in [-0.1, -0.05) is 0 Å². The van der Waals surface area contributed by atoms with Crippen LogP contribution in [-0.2, 0) is 11.3 Å². The second kappa shape index (κ2) is 12.1. The minimum atomic E-state index is -4.63. The molecular formula is C26H24F4N4O6. The lowest BCUT2D eigenvalue weighted by Gasteiger charge is -2.13. The normalized spacial score (nSPS) is 11.4. The van der Waals surface area contributed by atoms with Gasteiger partial charge in [-0.05, 0) is 24.3 Å². The molecule has 40 heavy (non-hydrogen) atoms. The molecule has 4 aromatic rings. The van der Waals surface area contributed by atoms with Gasteiger partial charge in [-0.3, -0.25) is 14.5 Å². The summed E-state index contributed by atoms with van der Waals surface area (Å²) in [5, 5.41) is 6.93. The summed E-state index contributed by atoms with van der Waals surface area (Å²) in [5.41, 5.74) is 0.121. The number of fused-ring (bicyclic) bond motifs is 1. The maximum atomic E-state index is 15.0. The van der Waals surface area contributed by atoms with Crippen molar-refractivity contribution in [2.24, 2.45) is 0 Å². The molecule has 212 valence electrons. The summed E-state index contributed by atoms with van der Waals surface area (Å²) in [6.45, 7) is -1.26. The Balaban J connectivity index is 1.54. The quantitative estimate of drug-likeness (QED) is 0.247. The molecule has 0 aliphatic rings. The van der Waals surface area contributed by atoms with E-state index >= 15 is 4.39 Å². The molecule has 10 nitrogen and oxygen atoms in total. The van der Waals surface area contributed by atoms with E-state index in [0.717, 1.165) is 12.3 Å². The third-order valence-electron chi connectivity index (χ3n) is 5.48. The number of nitrogens with zero attached hydrogens (tertiary/aromatic N) is 3. The lowest BCUT2D eigenvalue weighted by atomic mass is 10.2. The lowest BCUT2D eigenvalue weighted by molar-refractivity contribution is -0.153. The Hall–Kier alpha value is -4.59. The molecule has 0 saturated heterocycles. The van der Waals surface area contributed by atoms with E-state index in [2.05, 4.69) is 15.4 Å². The number of rotatable bonds is 11. The monoisotopic (exact) mass is 564 g/mol. The average Bonchev–Trinajstić information content (AvgIpc) is 3.34. The molecule has 0 saturated carbocycles. The van der Waals surface area contributed by atoms with Gasteiger partial charge in [0.05, 0.1) is 39.1 Å². The Morgan fingerprint density at radius 1 is 0.975 bits per heavy atom. The Labute approximate surface area is 225 Å². The molecule has 2 heterocycles. The van der Waals surface area contributed by atoms with Crippen LogP contribution in [0, 0.1) is 5.82 Å². The van der Waals surface area contributed by atoms with Gasteiger partial charge in [0.25, 0.3) is 5.91 Å². The van der Waals surface area contributed by atoms with Gasteiger partial charge >= 0.3 is 6.18 Å². The number of methoxy groups -OCH3 is 3. The van der Waals surface area contributed by atoms with Gasteiger partial charge in [-0.25, -0.2) is 4.39 Å². The highest BCUT2D eigenvalue weighted by Gasteiger charge is 2.30. The number of anilines is 1. The van der Waals surface area contributed by atoms with E-state index in [1.807, 2.05) is 0 Å². The van der Waals surface area contributed by atoms with E-state index in [0.29, 0.717) is 22.4 Å². The van der Waals surface area contributed by atoms with Crippen LogP contribution in [0.15, 0.2) is 48.8 Å². The first-order valence-electron chi connectivity index (χ1n) is 11.7. The molecule has 14 heteroatoms. The van der Waals surface area contributed by atoms with Crippen LogP contribution in [0.3, 0.4) is 0 Å². The predicted molar refractivity (Wildman–Crippen MR) is 135 cm³/mol. The van der Waals surface area contributed by atoms with Crippen molar-refractivity contribution in [3.8, 4) is 28.7 Å². The van der Waals surface area contributed by atoms with Crippen molar-refractivity contribution in [2.75, 3.05) is 39.9 Å². The third kappa shape index (κ3) is 6.69. The van der Waals surface area contributed by atoms with E-state index in [1.54, 1.807) is 18.2 Å². The van der Waals surface area contributed by atoms with E-state index in [9.17, 15) is 18.0 Å². The largest absolute Gasteiger partial charge is 0.493 e. The van der Waals surface area contributed by atoms with Gasteiger partial charge in [0.2, 0.25) is 0 Å². The first-order chi connectivity index (χ1) is 19.1. The molecule has 2 aromatic carbocycles. The summed E-state index contributed by atoms with van der Waals surface area (Å²) in [4.78, 5) is 17.1. The van der Waals surface area contributed by atoms with Gasteiger partial charge in [0.1, 0.15) is 5.75 Å². The number of hydrogen-bond donors (Lipinski definition) is 1. The minimum absolute atomic E-state index is 0.00838. The number of pyridine rings is 1. The number of aromatic nitrogens is 3. The zero-order valence-corrected chi connectivity index (χ0v) is 21.5. The van der Waals surface area contributed by atoms with Crippen LogP contribution in [0.1, 0.15) is 10.5 Å². The maximum absolute atomic E-state index is 15.0. The summed E-state index contributed by atoms with van der Waals surface area (Å²) < 4.78 is 80.4. The molecule has 1 N–H and O–H groups in total. The fourth-order valence-corrected chi connectivity index (χ4v) is 3.63. The first kappa shape index (κ1) is 28.4. The van der Waals surface area contributed by atoms with Gasteiger partial charge in [-0.15, -0.1) is 0 Å². The van der Waals surface area contributed by atoms with Crippen molar-refractivity contribution in [1.82, 2.24) is 14.8 Å². The second-order valence-corrected chi connectivity index (χ2v) is 8.24. The first-order valence-corrected chi connectivity index (χ1v) is 11.7. The highest BCUT2D eigenvalue weighted by molar-refractivity contribution is 6.04. The van der Waals surface area contributed by atoms with Gasteiger partial charge < -0.3 is 29.0 Å². The summed E-state index contributed by atoms with van der Waals surface area (Å²) >= 11 is 0. The highest BCUT2D eigenvalue weighted by atomic mass is 19.4. The van der Waals surface area contributed by atoms with Gasteiger partial charge in [0, 0.05) is 36.5 Å². The Morgan fingerprint density at radius 3 is 2.40 bits per heavy atom. The Morgan fingerprint density at radius 2 is 1.73 bits per heavy atom. The highest BCUT2D eigenvalue weighted by Crippen LogP contribution is 2.37. The van der Waals surface area contributed by atoms with E-state index < -0.39 is 30.2 Å². The minimum Gasteiger partial charge on any atom is -0.493 e. The van der Waals surface area contributed by atoms with Gasteiger partial charge in [0.15, 0.2) is 41.1 Å². The lowest BCUT2D eigenvalue weighted by Crippen LogP contribution is -2.21. The molecule has 0 atom stereocenters. The molecule has 2 aromatic heterocycles. The van der Waals surface area contributed by atoms with Crippen molar-refractivity contribution in [2.45, 2.75) is 12.7 Å². The smallest absolute Gasteiger partial charge is 0.422 e. The zero-order chi connectivity index (χ0) is 28.9. The van der Waals surface area contributed by atoms with Crippen LogP contribution >= 0.6 is 0 Å². The number of carbonyl (C=O) groups excluding carboxylic acids is 1. The Kier molecular flexibility index (Phi) is 8.58. The van der Waals surface area contributed by atoms with Crippen LogP contribution in [0.2, 0.25) is 0 Å². The number of carbonyl (C=O) groups is 1. The molecular weight excluding hydrogens is 540 g/mol. The summed E-state index contributed by atoms with van der Waals surface area (Å²) in [6, 6.07) is 8.49. The number of alkyl halides is 3. The fourth-order valence-electron chi connectivity index (χ4n) is 3.63. The van der Waals surface area contributed by atoms with Crippen LogP contribution < -0.4 is 24.3 Å². The zero-order valence-electron chi connectivity index (χ0n) is 21.5. The van der Waals surface area contributed by atoms with E-state index in [-0.39, 0.29) is 36.1 Å². The molecule has 1 amide bonds. The molecule has 0 spiro atoms. The molecule has 0 unspecified atom stereocenters. The summed E-state index contributed by atoms with van der Waals surface area (Å²) in [6.07, 6.45) is -1.99. The molecule has 0 radical (unpaired) electrons. The summed E-state index contributed by atoms with van der Waals surface area (Å²) in [7, 11) is 4.40. The predicted octanol–water partition coefficient (Wildman–Crippen LogP) is 5.22. The van der Waals surface area contributed by atoms with Crippen LogP contribution in [0.4, 0.5) is 23.2 Å². The van der Waals surface area contributed by atoms with E-state index in [4.69, 9.17) is 23.7 Å². The Bertz CT molecular complexity index is 1510. The maximum Gasteiger partial charge on any atom is 0.422 e. The molecule has 0 aliphatic heterocycles. The van der Waals surface area contributed by atoms with Crippen LogP contribution in [0.5, 0.6) is 28.7 Å². The van der Waals surface area contributed by atoms with Crippen LogP contribution in [-0.4, -0.2) is 61.4 Å². The fraction of sp³-hybridized carbons (Fsp3) is 0.269. The molecule has 4 rings (SSSR count). The molecule has 0 bridgehead atoms. The SMILES string of the molecule is COCCn1cc(OCC(F)(F)F)c(C(=O)Nc2ccc(Oc3ccnc4cc(OC)c(OC)cc34)c(F)c2)n1. The molecule has 0 fully saturated rings. The van der Waals surface area contributed by atoms with Crippen molar-refractivity contribution < 1.29 is 46.0 Å². The molecule has 0 aliphatic carbocycles. The topological polar surface area (TPSA) is 106 Å².